The largest absolute Gasteiger partial charge is 0.308 e. The monoisotopic (exact) mass is 254 g/mol. The van der Waals surface area contributed by atoms with Gasteiger partial charge in [0.2, 0.25) is 0 Å². The molecular formula is C17H22N2. The Hall–Kier alpha value is -1.64. The molecule has 2 aromatic carbocycles. The van der Waals surface area contributed by atoms with Gasteiger partial charge in [0.15, 0.2) is 0 Å². The van der Waals surface area contributed by atoms with Crippen molar-refractivity contribution in [3.63, 3.8) is 0 Å². The predicted octanol–water partition coefficient (Wildman–Crippen LogP) is 3.08. The lowest BCUT2D eigenvalue weighted by Gasteiger charge is -2.23. The van der Waals surface area contributed by atoms with Crippen molar-refractivity contribution < 1.29 is 0 Å². The van der Waals surface area contributed by atoms with Gasteiger partial charge in [-0.1, -0.05) is 60.7 Å². The second-order valence-corrected chi connectivity index (χ2v) is 5.09. The summed E-state index contributed by atoms with van der Waals surface area (Å²) in [5.41, 5.74) is 2.66. The summed E-state index contributed by atoms with van der Waals surface area (Å²) in [6, 6.07) is 21.5. The molecule has 1 atom stereocenters. The molecule has 2 heteroatoms. The van der Waals surface area contributed by atoms with Crippen LogP contribution in [0.2, 0.25) is 0 Å². The second kappa shape index (κ2) is 7.07. The van der Waals surface area contributed by atoms with E-state index in [1.54, 1.807) is 0 Å². The highest BCUT2D eigenvalue weighted by molar-refractivity contribution is 5.20. The molecule has 0 aliphatic heterocycles. The molecule has 1 N–H and O–H groups in total. The number of nitrogens with one attached hydrogen (secondary N) is 1. The standard InChI is InChI=1S/C17H22N2/c1-19(2)14-17(16-11-7-4-8-12-16)18-13-15-9-5-3-6-10-15/h3-12,17-18H,13-14H2,1-2H3. The number of likely N-dealkylation sites (N-methyl/N-ethyl adjacent to an activating group) is 1. The van der Waals surface area contributed by atoms with Gasteiger partial charge >= 0.3 is 0 Å². The number of hydrogen-bond donors (Lipinski definition) is 1. The molecule has 100 valence electrons. The van der Waals surface area contributed by atoms with Crippen LogP contribution in [0.25, 0.3) is 0 Å². The Labute approximate surface area is 116 Å². The summed E-state index contributed by atoms with van der Waals surface area (Å²) in [4.78, 5) is 2.22. The van der Waals surface area contributed by atoms with Crippen molar-refractivity contribution >= 4 is 0 Å². The highest BCUT2D eigenvalue weighted by Gasteiger charge is 2.11. The first kappa shape index (κ1) is 13.8. The third kappa shape index (κ3) is 4.51. The minimum atomic E-state index is 0.358. The summed E-state index contributed by atoms with van der Waals surface area (Å²) in [5.74, 6) is 0. The number of benzene rings is 2. The molecule has 2 rings (SSSR count). The van der Waals surface area contributed by atoms with Crippen LogP contribution in [0.1, 0.15) is 17.2 Å². The average molecular weight is 254 g/mol. The molecule has 0 fully saturated rings. The summed E-state index contributed by atoms with van der Waals surface area (Å²) in [6.07, 6.45) is 0. The minimum Gasteiger partial charge on any atom is -0.308 e. The van der Waals surface area contributed by atoms with Crippen molar-refractivity contribution in [2.45, 2.75) is 12.6 Å². The van der Waals surface area contributed by atoms with Crippen molar-refractivity contribution in [2.75, 3.05) is 20.6 Å². The van der Waals surface area contributed by atoms with E-state index < -0.39 is 0 Å². The van der Waals surface area contributed by atoms with Crippen molar-refractivity contribution in [3.05, 3.63) is 71.8 Å². The molecule has 0 radical (unpaired) electrons. The third-order valence-corrected chi connectivity index (χ3v) is 3.15. The maximum Gasteiger partial charge on any atom is 0.0451 e. The molecular weight excluding hydrogens is 232 g/mol. The predicted molar refractivity (Wildman–Crippen MR) is 81.0 cm³/mol. The quantitative estimate of drug-likeness (QED) is 0.852. The number of hydrogen-bond acceptors (Lipinski definition) is 2. The lowest BCUT2D eigenvalue weighted by Crippen LogP contribution is -2.30. The van der Waals surface area contributed by atoms with Crippen molar-refractivity contribution in [3.8, 4) is 0 Å². The van der Waals surface area contributed by atoms with E-state index >= 15 is 0 Å². The maximum absolute atomic E-state index is 3.64. The van der Waals surface area contributed by atoms with E-state index in [2.05, 4.69) is 85.0 Å². The molecule has 0 amide bonds. The van der Waals surface area contributed by atoms with Crippen molar-refractivity contribution in [2.24, 2.45) is 0 Å². The first-order valence-corrected chi connectivity index (χ1v) is 6.72. The number of rotatable bonds is 6. The lowest BCUT2D eigenvalue weighted by molar-refractivity contribution is 0.340. The van der Waals surface area contributed by atoms with Gasteiger partial charge in [-0.3, -0.25) is 0 Å². The third-order valence-electron chi connectivity index (χ3n) is 3.15. The Morgan fingerprint density at radius 1 is 0.895 bits per heavy atom. The van der Waals surface area contributed by atoms with E-state index in [9.17, 15) is 0 Å². The first-order valence-electron chi connectivity index (χ1n) is 6.72. The van der Waals surface area contributed by atoms with Gasteiger partial charge in [0.1, 0.15) is 0 Å². The zero-order chi connectivity index (χ0) is 13.5. The smallest absolute Gasteiger partial charge is 0.0451 e. The highest BCUT2D eigenvalue weighted by Crippen LogP contribution is 2.14. The van der Waals surface area contributed by atoms with Gasteiger partial charge in [-0.05, 0) is 25.2 Å². The van der Waals surface area contributed by atoms with Crippen LogP contribution < -0.4 is 5.32 Å². The molecule has 0 aliphatic rings. The molecule has 2 nitrogen and oxygen atoms in total. The molecule has 1 unspecified atom stereocenters. The van der Waals surface area contributed by atoms with Gasteiger partial charge in [-0.25, -0.2) is 0 Å². The normalized spacial score (nSPS) is 12.6. The summed E-state index contributed by atoms with van der Waals surface area (Å²) in [6.45, 7) is 1.89. The van der Waals surface area contributed by atoms with Crippen LogP contribution in [-0.4, -0.2) is 25.5 Å². The minimum absolute atomic E-state index is 0.358. The fourth-order valence-electron chi connectivity index (χ4n) is 2.18. The van der Waals surface area contributed by atoms with Crippen LogP contribution in [0.4, 0.5) is 0 Å². The van der Waals surface area contributed by atoms with Gasteiger partial charge in [0, 0.05) is 19.1 Å². The Bertz CT molecular complexity index is 465. The Morgan fingerprint density at radius 3 is 2.05 bits per heavy atom. The Kier molecular flexibility index (Phi) is 5.13. The first-order chi connectivity index (χ1) is 9.25. The molecule has 0 saturated carbocycles. The van der Waals surface area contributed by atoms with Gasteiger partial charge in [-0.15, -0.1) is 0 Å². The highest BCUT2D eigenvalue weighted by atomic mass is 15.1. The molecule has 0 aliphatic carbocycles. The fourth-order valence-corrected chi connectivity index (χ4v) is 2.18. The van der Waals surface area contributed by atoms with Crippen LogP contribution in [0.5, 0.6) is 0 Å². The van der Waals surface area contributed by atoms with Crippen LogP contribution in [0.15, 0.2) is 60.7 Å². The van der Waals surface area contributed by atoms with E-state index in [1.165, 1.54) is 11.1 Å². The fraction of sp³-hybridized carbons (Fsp3) is 0.294. The Morgan fingerprint density at radius 2 is 1.47 bits per heavy atom. The zero-order valence-electron chi connectivity index (χ0n) is 11.7. The average Bonchev–Trinajstić information content (AvgIpc) is 2.45. The molecule has 19 heavy (non-hydrogen) atoms. The summed E-state index contributed by atoms with van der Waals surface area (Å²) in [7, 11) is 4.22. The topological polar surface area (TPSA) is 15.3 Å². The molecule has 0 saturated heterocycles. The van der Waals surface area contributed by atoms with Crippen LogP contribution in [0.3, 0.4) is 0 Å². The summed E-state index contributed by atoms with van der Waals surface area (Å²) < 4.78 is 0. The van der Waals surface area contributed by atoms with Crippen LogP contribution in [-0.2, 0) is 6.54 Å². The summed E-state index contributed by atoms with van der Waals surface area (Å²) >= 11 is 0. The number of nitrogens with zero attached hydrogens (tertiary/aromatic N) is 1. The van der Waals surface area contributed by atoms with Gasteiger partial charge in [-0.2, -0.15) is 0 Å². The van der Waals surface area contributed by atoms with E-state index in [0.717, 1.165) is 13.1 Å². The molecule has 0 heterocycles. The molecule has 0 bridgehead atoms. The van der Waals surface area contributed by atoms with Crippen LogP contribution >= 0.6 is 0 Å². The van der Waals surface area contributed by atoms with Gasteiger partial charge in [0.25, 0.3) is 0 Å². The SMILES string of the molecule is CN(C)CC(NCc1ccccc1)c1ccccc1. The molecule has 0 aromatic heterocycles. The van der Waals surface area contributed by atoms with Gasteiger partial charge in [0.05, 0.1) is 0 Å². The molecule has 2 aromatic rings. The van der Waals surface area contributed by atoms with E-state index in [1.807, 2.05) is 0 Å². The van der Waals surface area contributed by atoms with Crippen molar-refractivity contribution in [1.29, 1.82) is 0 Å². The summed E-state index contributed by atoms with van der Waals surface area (Å²) in [5, 5.41) is 3.64. The van der Waals surface area contributed by atoms with Gasteiger partial charge < -0.3 is 10.2 Å². The second-order valence-electron chi connectivity index (χ2n) is 5.09. The van der Waals surface area contributed by atoms with E-state index in [0.29, 0.717) is 6.04 Å². The molecule has 0 spiro atoms. The van der Waals surface area contributed by atoms with E-state index in [-0.39, 0.29) is 0 Å². The van der Waals surface area contributed by atoms with E-state index in [4.69, 9.17) is 0 Å². The maximum atomic E-state index is 3.64. The zero-order valence-corrected chi connectivity index (χ0v) is 11.7. The van der Waals surface area contributed by atoms with Crippen LogP contribution in [0, 0.1) is 0 Å². The lowest BCUT2D eigenvalue weighted by atomic mass is 10.1. The Balaban J connectivity index is 2.02. The van der Waals surface area contributed by atoms with Crippen molar-refractivity contribution in [1.82, 2.24) is 10.2 Å².